The second-order valence-electron chi connectivity index (χ2n) is 4.85. The van der Waals surface area contributed by atoms with E-state index in [2.05, 4.69) is 20.5 Å². The molecule has 0 aliphatic heterocycles. The third-order valence-electron chi connectivity index (χ3n) is 3.16. The van der Waals surface area contributed by atoms with Crippen LogP contribution in [0.2, 0.25) is 0 Å². The number of ether oxygens (including phenoxy) is 1. The van der Waals surface area contributed by atoms with Crippen LogP contribution in [0.5, 0.6) is 5.75 Å². The first-order chi connectivity index (χ1) is 10.2. The molecular weight excluding hydrogens is 275 g/mol. The number of aromatic amines is 1. The van der Waals surface area contributed by atoms with Crippen LogP contribution in [-0.2, 0) is 0 Å². The fourth-order valence-electron chi connectivity index (χ4n) is 1.95. The summed E-state index contributed by atoms with van der Waals surface area (Å²) in [5.41, 5.74) is 0.332. The van der Waals surface area contributed by atoms with Gasteiger partial charge in [-0.2, -0.15) is 0 Å². The minimum absolute atomic E-state index is 0.0613. The van der Waals surface area contributed by atoms with Gasteiger partial charge in [0.1, 0.15) is 5.82 Å². The van der Waals surface area contributed by atoms with Gasteiger partial charge in [0.2, 0.25) is 5.82 Å². The lowest BCUT2D eigenvalue weighted by atomic mass is 10.3. The molecule has 7 heteroatoms. The van der Waals surface area contributed by atoms with Crippen molar-refractivity contribution in [1.29, 1.82) is 0 Å². The Bertz CT molecular complexity index is 667. The molecule has 2 aromatic rings. The lowest BCUT2D eigenvalue weighted by Crippen LogP contribution is -2.14. The fraction of sp³-hybridized carbons (Fsp3) is 0.357. The molecule has 1 aromatic carbocycles. The van der Waals surface area contributed by atoms with Gasteiger partial charge in [-0.15, -0.1) is 5.10 Å². The number of benzene rings is 1. The van der Waals surface area contributed by atoms with Gasteiger partial charge < -0.3 is 10.1 Å². The second kappa shape index (κ2) is 5.51. The quantitative estimate of drug-likeness (QED) is 0.886. The number of H-pyrrole nitrogens is 1. The number of hydrogen-bond acceptors (Lipinski definition) is 4. The minimum atomic E-state index is -0.525. The van der Waals surface area contributed by atoms with Gasteiger partial charge in [0.15, 0.2) is 11.6 Å². The molecule has 1 aromatic heterocycles. The number of amides is 1. The molecule has 110 valence electrons. The van der Waals surface area contributed by atoms with E-state index in [1.165, 1.54) is 12.1 Å². The summed E-state index contributed by atoms with van der Waals surface area (Å²) in [6.45, 7) is 2.15. The minimum Gasteiger partial charge on any atom is -0.491 e. The lowest BCUT2D eigenvalue weighted by Gasteiger charge is -2.07. The highest BCUT2D eigenvalue weighted by Crippen LogP contribution is 2.37. The Morgan fingerprint density at radius 2 is 2.33 bits per heavy atom. The summed E-state index contributed by atoms with van der Waals surface area (Å²) >= 11 is 0. The van der Waals surface area contributed by atoms with Crippen LogP contribution in [0, 0.1) is 5.82 Å². The third-order valence-corrected chi connectivity index (χ3v) is 3.16. The predicted octanol–water partition coefficient (Wildman–Crippen LogP) is 2.47. The molecule has 1 fully saturated rings. The van der Waals surface area contributed by atoms with Crippen molar-refractivity contribution in [3.8, 4) is 5.75 Å². The number of halogens is 1. The van der Waals surface area contributed by atoms with Crippen LogP contribution in [0.15, 0.2) is 18.2 Å². The van der Waals surface area contributed by atoms with Crippen molar-refractivity contribution in [2.75, 3.05) is 11.9 Å². The highest BCUT2D eigenvalue weighted by Gasteiger charge is 2.28. The summed E-state index contributed by atoms with van der Waals surface area (Å²) < 4.78 is 18.8. The van der Waals surface area contributed by atoms with E-state index in [4.69, 9.17) is 4.74 Å². The second-order valence-corrected chi connectivity index (χ2v) is 4.85. The number of aromatic nitrogens is 3. The number of anilines is 1. The van der Waals surface area contributed by atoms with Gasteiger partial charge in [0.05, 0.1) is 6.61 Å². The van der Waals surface area contributed by atoms with Crippen molar-refractivity contribution in [3.63, 3.8) is 0 Å². The Morgan fingerprint density at radius 1 is 1.52 bits per heavy atom. The Labute approximate surface area is 120 Å². The average Bonchev–Trinajstić information content (AvgIpc) is 3.19. The standard InChI is InChI=1S/C14H15FN4O2/c1-2-21-11-6-5-9(7-10(11)15)16-14(20)13-17-12(18-19-13)8-3-4-8/h5-8H,2-4H2,1H3,(H,16,20)(H,17,18,19). The van der Waals surface area contributed by atoms with E-state index >= 15 is 0 Å². The zero-order valence-electron chi connectivity index (χ0n) is 11.5. The van der Waals surface area contributed by atoms with E-state index in [0.717, 1.165) is 18.7 Å². The van der Waals surface area contributed by atoms with Gasteiger partial charge >= 0.3 is 0 Å². The fourth-order valence-corrected chi connectivity index (χ4v) is 1.95. The highest BCUT2D eigenvalue weighted by atomic mass is 19.1. The summed E-state index contributed by atoms with van der Waals surface area (Å²) in [6, 6.07) is 4.25. The average molecular weight is 290 g/mol. The molecule has 0 spiro atoms. The van der Waals surface area contributed by atoms with Crippen LogP contribution >= 0.6 is 0 Å². The summed E-state index contributed by atoms with van der Waals surface area (Å²) in [5.74, 6) is 0.348. The number of hydrogen-bond donors (Lipinski definition) is 2. The van der Waals surface area contributed by atoms with Crippen molar-refractivity contribution in [2.45, 2.75) is 25.7 Å². The molecule has 0 atom stereocenters. The molecule has 3 rings (SSSR count). The Balaban J connectivity index is 1.69. The zero-order valence-corrected chi connectivity index (χ0v) is 11.5. The maximum atomic E-state index is 13.7. The number of carbonyl (C=O) groups excluding carboxylic acids is 1. The van der Waals surface area contributed by atoms with Crippen LogP contribution < -0.4 is 10.1 Å². The topological polar surface area (TPSA) is 79.9 Å². The molecule has 1 amide bonds. The summed E-state index contributed by atoms with van der Waals surface area (Å²) in [4.78, 5) is 16.1. The van der Waals surface area contributed by atoms with E-state index in [1.807, 2.05) is 0 Å². The van der Waals surface area contributed by atoms with Crippen molar-refractivity contribution in [1.82, 2.24) is 15.2 Å². The summed E-state index contributed by atoms with van der Waals surface area (Å²) in [7, 11) is 0. The molecule has 21 heavy (non-hydrogen) atoms. The number of nitrogens with zero attached hydrogens (tertiary/aromatic N) is 2. The van der Waals surface area contributed by atoms with Crippen molar-refractivity contribution < 1.29 is 13.9 Å². The first-order valence-corrected chi connectivity index (χ1v) is 6.83. The third kappa shape index (κ3) is 3.01. The zero-order chi connectivity index (χ0) is 14.8. The molecule has 2 N–H and O–H groups in total. The molecule has 0 bridgehead atoms. The molecule has 1 heterocycles. The molecule has 6 nitrogen and oxygen atoms in total. The van der Waals surface area contributed by atoms with Gasteiger partial charge in [-0.05, 0) is 31.9 Å². The Kier molecular flexibility index (Phi) is 3.55. The summed E-state index contributed by atoms with van der Waals surface area (Å²) in [5, 5.41) is 9.19. The van der Waals surface area contributed by atoms with Crippen LogP contribution in [-0.4, -0.2) is 27.7 Å². The molecule has 0 unspecified atom stereocenters. The lowest BCUT2D eigenvalue weighted by molar-refractivity contribution is 0.101. The number of nitrogens with one attached hydrogen (secondary N) is 2. The van der Waals surface area contributed by atoms with Gasteiger partial charge in [0, 0.05) is 17.7 Å². The molecule has 0 radical (unpaired) electrons. The maximum Gasteiger partial charge on any atom is 0.295 e. The molecule has 1 saturated carbocycles. The van der Waals surface area contributed by atoms with Gasteiger partial charge in [0.25, 0.3) is 5.91 Å². The Hall–Kier alpha value is -2.44. The molecule has 1 aliphatic rings. The van der Waals surface area contributed by atoms with Crippen LogP contribution in [0.3, 0.4) is 0 Å². The normalized spacial score (nSPS) is 14.0. The SMILES string of the molecule is CCOc1ccc(NC(=O)c2n[nH]c(C3CC3)n2)cc1F. The van der Waals surface area contributed by atoms with Crippen LogP contribution in [0.4, 0.5) is 10.1 Å². The summed E-state index contributed by atoms with van der Waals surface area (Å²) in [6.07, 6.45) is 2.14. The van der Waals surface area contributed by atoms with Crippen LogP contribution in [0.1, 0.15) is 42.1 Å². The van der Waals surface area contributed by atoms with Gasteiger partial charge in [-0.1, -0.05) is 0 Å². The van der Waals surface area contributed by atoms with E-state index < -0.39 is 11.7 Å². The first-order valence-electron chi connectivity index (χ1n) is 6.83. The molecular formula is C14H15FN4O2. The number of rotatable bonds is 5. The van der Waals surface area contributed by atoms with E-state index in [0.29, 0.717) is 18.2 Å². The van der Waals surface area contributed by atoms with Crippen molar-refractivity contribution in [2.24, 2.45) is 0 Å². The highest BCUT2D eigenvalue weighted by molar-refractivity contribution is 6.01. The monoisotopic (exact) mass is 290 g/mol. The van der Waals surface area contributed by atoms with Crippen molar-refractivity contribution >= 4 is 11.6 Å². The largest absolute Gasteiger partial charge is 0.491 e. The van der Waals surface area contributed by atoms with Gasteiger partial charge in [-0.3, -0.25) is 9.89 Å². The van der Waals surface area contributed by atoms with E-state index in [-0.39, 0.29) is 11.6 Å². The van der Waals surface area contributed by atoms with Crippen molar-refractivity contribution in [3.05, 3.63) is 35.7 Å². The van der Waals surface area contributed by atoms with E-state index in [9.17, 15) is 9.18 Å². The molecule has 0 saturated heterocycles. The first kappa shape index (κ1) is 13.5. The van der Waals surface area contributed by atoms with Crippen LogP contribution in [0.25, 0.3) is 0 Å². The predicted molar refractivity (Wildman–Crippen MR) is 73.9 cm³/mol. The molecule has 1 aliphatic carbocycles. The number of carbonyl (C=O) groups is 1. The smallest absolute Gasteiger partial charge is 0.295 e. The maximum absolute atomic E-state index is 13.7. The Morgan fingerprint density at radius 3 is 3.00 bits per heavy atom. The van der Waals surface area contributed by atoms with Gasteiger partial charge in [-0.25, -0.2) is 9.37 Å². The van der Waals surface area contributed by atoms with E-state index in [1.54, 1.807) is 13.0 Å².